The van der Waals surface area contributed by atoms with Gasteiger partial charge < -0.3 is 4.74 Å². The minimum absolute atomic E-state index is 0.360. The molecule has 1 aliphatic rings. The standard InChI is InChI=1S/C16H8O3/c17-15-14-12(19-16(15)18)8-7-10-6-5-9-3-1-2-4-11(9)13(10)14/h1-8H. The van der Waals surface area contributed by atoms with Gasteiger partial charge in [0.1, 0.15) is 5.75 Å². The lowest BCUT2D eigenvalue weighted by Gasteiger charge is -2.06. The molecule has 0 aromatic heterocycles. The number of carbonyl (C=O) groups excluding carboxylic acids is 2. The molecule has 3 aromatic rings. The molecule has 0 spiro atoms. The van der Waals surface area contributed by atoms with Crippen molar-refractivity contribution >= 4 is 33.3 Å². The predicted octanol–water partition coefficient (Wildman–Crippen LogP) is 3.09. The summed E-state index contributed by atoms with van der Waals surface area (Å²) in [4.78, 5) is 23.4. The van der Waals surface area contributed by atoms with Crippen LogP contribution < -0.4 is 4.74 Å². The summed E-state index contributed by atoms with van der Waals surface area (Å²) in [5.74, 6) is -0.994. The molecule has 1 aliphatic heterocycles. The Kier molecular flexibility index (Phi) is 1.85. The van der Waals surface area contributed by atoms with Crippen LogP contribution >= 0.6 is 0 Å². The van der Waals surface area contributed by atoms with Gasteiger partial charge in [-0.05, 0) is 22.2 Å². The van der Waals surface area contributed by atoms with Crippen molar-refractivity contribution in [2.75, 3.05) is 0 Å². The first-order valence-corrected chi connectivity index (χ1v) is 5.97. The zero-order valence-corrected chi connectivity index (χ0v) is 9.84. The van der Waals surface area contributed by atoms with E-state index in [1.54, 1.807) is 6.07 Å². The number of fused-ring (bicyclic) bond motifs is 5. The number of hydrogen-bond acceptors (Lipinski definition) is 3. The highest BCUT2D eigenvalue weighted by atomic mass is 16.5. The van der Waals surface area contributed by atoms with E-state index in [9.17, 15) is 9.59 Å². The van der Waals surface area contributed by atoms with Crippen LogP contribution in [0.2, 0.25) is 0 Å². The maximum absolute atomic E-state index is 12.0. The Morgan fingerprint density at radius 3 is 2.42 bits per heavy atom. The van der Waals surface area contributed by atoms with Gasteiger partial charge >= 0.3 is 5.97 Å². The molecule has 0 bridgehead atoms. The van der Waals surface area contributed by atoms with E-state index < -0.39 is 11.8 Å². The third-order valence-corrected chi connectivity index (χ3v) is 3.49. The molecule has 0 saturated carbocycles. The van der Waals surface area contributed by atoms with E-state index in [1.807, 2.05) is 42.5 Å². The van der Waals surface area contributed by atoms with Crippen LogP contribution in [-0.2, 0) is 4.79 Å². The van der Waals surface area contributed by atoms with Gasteiger partial charge in [-0.15, -0.1) is 0 Å². The van der Waals surface area contributed by atoms with E-state index >= 15 is 0 Å². The van der Waals surface area contributed by atoms with Crippen LogP contribution in [0.3, 0.4) is 0 Å². The van der Waals surface area contributed by atoms with Crippen molar-refractivity contribution in [1.82, 2.24) is 0 Å². The highest BCUT2D eigenvalue weighted by molar-refractivity contribution is 6.47. The van der Waals surface area contributed by atoms with Gasteiger partial charge in [-0.3, -0.25) is 4.79 Å². The Morgan fingerprint density at radius 2 is 1.53 bits per heavy atom. The summed E-state index contributed by atoms with van der Waals surface area (Å²) in [6, 6.07) is 15.3. The van der Waals surface area contributed by atoms with Gasteiger partial charge in [-0.2, -0.15) is 0 Å². The summed E-state index contributed by atoms with van der Waals surface area (Å²) in [5, 5.41) is 3.73. The molecule has 0 aliphatic carbocycles. The molecule has 1 heterocycles. The second kappa shape index (κ2) is 3.42. The Hall–Kier alpha value is -2.68. The Bertz CT molecular complexity index is 878. The average molecular weight is 248 g/mol. The van der Waals surface area contributed by atoms with Gasteiger partial charge in [0.25, 0.3) is 5.78 Å². The fourth-order valence-corrected chi connectivity index (χ4v) is 2.64. The summed E-state index contributed by atoms with van der Waals surface area (Å²) >= 11 is 0. The molecule has 0 radical (unpaired) electrons. The van der Waals surface area contributed by atoms with E-state index in [1.165, 1.54) is 0 Å². The number of carbonyl (C=O) groups is 2. The highest BCUT2D eigenvalue weighted by Crippen LogP contribution is 2.37. The number of ketones is 1. The van der Waals surface area contributed by atoms with E-state index in [0.717, 1.165) is 21.5 Å². The van der Waals surface area contributed by atoms with E-state index in [-0.39, 0.29) is 0 Å². The lowest BCUT2D eigenvalue weighted by atomic mass is 9.96. The number of benzene rings is 3. The number of Topliss-reactive ketones (excluding diaryl/α,β-unsaturated/α-hetero) is 1. The molecule has 4 rings (SSSR count). The molecule has 0 saturated heterocycles. The molecule has 3 heteroatoms. The van der Waals surface area contributed by atoms with Crippen molar-refractivity contribution < 1.29 is 14.3 Å². The number of rotatable bonds is 0. The molecular weight excluding hydrogens is 240 g/mol. The average Bonchev–Trinajstić information content (AvgIpc) is 2.74. The van der Waals surface area contributed by atoms with Crippen LogP contribution in [-0.4, -0.2) is 11.8 Å². The van der Waals surface area contributed by atoms with E-state index in [2.05, 4.69) is 0 Å². The topological polar surface area (TPSA) is 43.4 Å². The maximum atomic E-state index is 12.0. The zero-order valence-electron chi connectivity index (χ0n) is 9.84. The molecule has 0 atom stereocenters. The van der Waals surface area contributed by atoms with Crippen molar-refractivity contribution in [3.8, 4) is 5.75 Å². The number of esters is 1. The molecule has 0 amide bonds. The third-order valence-electron chi connectivity index (χ3n) is 3.49. The summed E-state index contributed by atoms with van der Waals surface area (Å²) in [6.07, 6.45) is 0. The predicted molar refractivity (Wildman–Crippen MR) is 71.4 cm³/mol. The van der Waals surface area contributed by atoms with Crippen LogP contribution in [0.5, 0.6) is 5.75 Å². The second-order valence-corrected chi connectivity index (χ2v) is 4.54. The van der Waals surface area contributed by atoms with Crippen molar-refractivity contribution in [1.29, 1.82) is 0 Å². The number of ether oxygens (including phenoxy) is 1. The molecule has 0 fully saturated rings. The summed E-state index contributed by atoms with van der Waals surface area (Å²) < 4.78 is 4.99. The largest absolute Gasteiger partial charge is 0.420 e. The smallest absolute Gasteiger partial charge is 0.385 e. The van der Waals surface area contributed by atoms with Gasteiger partial charge in [0, 0.05) is 5.39 Å². The molecule has 19 heavy (non-hydrogen) atoms. The summed E-state index contributed by atoms with van der Waals surface area (Å²) in [6.45, 7) is 0. The van der Waals surface area contributed by atoms with Crippen molar-refractivity contribution in [3.05, 3.63) is 54.1 Å². The minimum Gasteiger partial charge on any atom is -0.420 e. The second-order valence-electron chi connectivity index (χ2n) is 4.54. The molecular formula is C16H8O3. The molecule has 0 N–H and O–H groups in total. The Balaban J connectivity index is 2.28. The van der Waals surface area contributed by atoms with Crippen LogP contribution in [0.15, 0.2) is 48.5 Å². The minimum atomic E-state index is -0.796. The first-order valence-electron chi connectivity index (χ1n) is 5.97. The first-order chi connectivity index (χ1) is 9.25. The molecule has 3 aromatic carbocycles. The lowest BCUT2D eigenvalue weighted by Crippen LogP contribution is -2.10. The van der Waals surface area contributed by atoms with Gasteiger partial charge in [0.15, 0.2) is 0 Å². The van der Waals surface area contributed by atoms with Crippen molar-refractivity contribution in [3.63, 3.8) is 0 Å². The fraction of sp³-hybridized carbons (Fsp3) is 0. The van der Waals surface area contributed by atoms with Gasteiger partial charge in [0.05, 0.1) is 5.56 Å². The van der Waals surface area contributed by atoms with Crippen LogP contribution in [0, 0.1) is 0 Å². The number of hydrogen-bond donors (Lipinski definition) is 0. The SMILES string of the molecule is O=C1Oc2ccc3ccc4ccccc4c3c2C1=O. The molecule has 0 unspecified atom stereocenters. The normalized spacial score (nSPS) is 13.9. The molecule has 90 valence electrons. The van der Waals surface area contributed by atoms with Crippen LogP contribution in [0.4, 0.5) is 0 Å². The van der Waals surface area contributed by atoms with E-state index in [0.29, 0.717) is 11.3 Å². The Morgan fingerprint density at radius 1 is 0.789 bits per heavy atom. The van der Waals surface area contributed by atoms with Gasteiger partial charge in [0.2, 0.25) is 0 Å². The first kappa shape index (κ1) is 10.3. The quantitative estimate of drug-likeness (QED) is 0.266. The highest BCUT2D eigenvalue weighted by Gasteiger charge is 2.33. The van der Waals surface area contributed by atoms with Crippen LogP contribution in [0.25, 0.3) is 21.5 Å². The van der Waals surface area contributed by atoms with Gasteiger partial charge in [-0.1, -0.05) is 42.5 Å². The summed E-state index contributed by atoms with van der Waals surface area (Å²) in [7, 11) is 0. The maximum Gasteiger partial charge on any atom is 0.385 e. The van der Waals surface area contributed by atoms with E-state index in [4.69, 9.17) is 4.74 Å². The zero-order chi connectivity index (χ0) is 13.0. The fourth-order valence-electron chi connectivity index (χ4n) is 2.64. The Labute approximate surface area is 108 Å². The van der Waals surface area contributed by atoms with Crippen molar-refractivity contribution in [2.24, 2.45) is 0 Å². The van der Waals surface area contributed by atoms with Gasteiger partial charge in [-0.25, -0.2) is 4.79 Å². The third kappa shape index (κ3) is 1.27. The summed E-state index contributed by atoms with van der Waals surface area (Å²) in [5.41, 5.74) is 0.388. The molecule has 3 nitrogen and oxygen atoms in total. The monoisotopic (exact) mass is 248 g/mol. The lowest BCUT2D eigenvalue weighted by molar-refractivity contribution is -0.128. The van der Waals surface area contributed by atoms with Crippen LogP contribution in [0.1, 0.15) is 10.4 Å². The van der Waals surface area contributed by atoms with Crippen molar-refractivity contribution in [2.45, 2.75) is 0 Å².